The molecule has 6 fully saturated rings. The maximum atomic E-state index is 9.10. The molecule has 38 N–H and O–H groups in total. The average molecular weight is 2050 g/mol. The Balaban J connectivity index is 0.000000295. The summed E-state index contributed by atoms with van der Waals surface area (Å²) < 4.78 is 8.87. The van der Waals surface area contributed by atoms with E-state index < -0.39 is 0 Å². The van der Waals surface area contributed by atoms with Gasteiger partial charge in [0.15, 0.2) is 0 Å². The fourth-order valence-corrected chi connectivity index (χ4v) is 19.3. The predicted octanol–water partition coefficient (Wildman–Crippen LogP) is 12.6. The van der Waals surface area contributed by atoms with Crippen molar-refractivity contribution >= 4 is 119 Å². The van der Waals surface area contributed by atoms with E-state index >= 15 is 0 Å². The molecular weight excluding hydrogens is 1830 g/mol. The van der Waals surface area contributed by atoms with Crippen molar-refractivity contribution in [2.75, 3.05) is 433 Å². The lowest BCUT2D eigenvalue weighted by Gasteiger charge is -2.41. The molecule has 0 spiro atoms. The number of piperidine rings is 2. The van der Waals surface area contributed by atoms with Crippen molar-refractivity contribution in [1.29, 1.82) is 0 Å². The lowest BCUT2D eigenvalue weighted by atomic mass is 10.0. The van der Waals surface area contributed by atoms with Gasteiger partial charge in [0.2, 0.25) is 0 Å². The molecule has 6 aliphatic rings. The lowest BCUT2D eigenvalue weighted by molar-refractivity contribution is -0.914. The van der Waals surface area contributed by atoms with Crippen molar-refractivity contribution in [3.05, 3.63) is 162 Å². The molecule has 826 valence electrons. The third-order valence-electron chi connectivity index (χ3n) is 29.6. The predicted molar refractivity (Wildman–Crippen MR) is 643 cm³/mol. The highest BCUT2D eigenvalue weighted by molar-refractivity contribution is 5.74. The van der Waals surface area contributed by atoms with Gasteiger partial charge < -0.3 is 159 Å². The van der Waals surface area contributed by atoms with Gasteiger partial charge in [-0.2, -0.15) is 0 Å². The van der Waals surface area contributed by atoms with Gasteiger partial charge in [-0.25, -0.2) is 0 Å². The number of quaternary nitrogens is 8. The Hall–Kier alpha value is -10.9. The van der Waals surface area contributed by atoms with Gasteiger partial charge in [-0.05, 0) is 247 Å². The van der Waals surface area contributed by atoms with Crippen molar-refractivity contribution in [2.24, 2.45) is 0 Å². The number of aliphatic hydroxyl groups excluding tert-OH is 1. The normalized spacial score (nSPS) is 16.9. The Morgan fingerprint density at radius 2 is 0.497 bits per heavy atom. The zero-order valence-corrected chi connectivity index (χ0v) is 92.3. The Bertz CT molecular complexity index is 5030. The Kier molecular flexibility index (Phi) is 53.8. The molecule has 0 aromatic heterocycles. The topological polar surface area (TPSA) is 506 Å². The second kappa shape index (κ2) is 62.5. The number of piperazine rings is 3. The fraction of sp³-hybridized carbons (Fsp3) is 0.579. The van der Waals surface area contributed by atoms with Crippen molar-refractivity contribution in [2.45, 2.75) is 124 Å². The highest BCUT2D eigenvalue weighted by Gasteiger charge is 2.31. The number of nitrogens with zero attached hydrogens (tertiary/aromatic N) is 11. The van der Waals surface area contributed by atoms with Crippen LogP contribution >= 0.6 is 0 Å². The number of likely N-dealkylation sites (tertiary alicyclic amines) is 3. The van der Waals surface area contributed by atoms with Crippen LogP contribution in [0.4, 0.5) is 119 Å². The van der Waals surface area contributed by atoms with E-state index in [1.54, 1.807) is 30.3 Å². The molecule has 14 rings (SSSR count). The van der Waals surface area contributed by atoms with E-state index in [9.17, 15) is 0 Å². The van der Waals surface area contributed by atoms with E-state index in [0.717, 1.165) is 215 Å². The summed E-state index contributed by atoms with van der Waals surface area (Å²) in [6, 6.07) is 45.6. The first-order valence-electron chi connectivity index (χ1n) is 53.7. The summed E-state index contributed by atoms with van der Waals surface area (Å²) in [6.07, 6.45) is 21.6. The fourth-order valence-electron chi connectivity index (χ4n) is 19.3. The van der Waals surface area contributed by atoms with Gasteiger partial charge in [0.25, 0.3) is 0 Å². The zero-order valence-electron chi connectivity index (χ0n) is 92.3. The lowest BCUT2D eigenvalue weighted by Crippen LogP contribution is -2.58. The molecule has 0 bridgehead atoms. The van der Waals surface area contributed by atoms with Gasteiger partial charge in [0.1, 0.15) is 6.54 Å². The molecule has 6 heterocycles. The summed E-state index contributed by atoms with van der Waals surface area (Å²) in [5.41, 5.74) is 113. The van der Waals surface area contributed by atoms with Crippen LogP contribution in [0.1, 0.15) is 121 Å². The van der Waals surface area contributed by atoms with Gasteiger partial charge in [-0.1, -0.05) is 33.1 Å². The number of aliphatic hydroxyl groups is 1. The number of likely N-dealkylation sites (N-methyl/N-ethyl adjacent to an activating group) is 6. The molecule has 8 aromatic rings. The number of benzene rings is 8. The molecule has 0 unspecified atom stereocenters. The molecule has 6 saturated heterocycles. The molecule has 33 nitrogen and oxygen atoms in total. The van der Waals surface area contributed by atoms with Gasteiger partial charge in [0.05, 0.1) is 293 Å². The number of hydrogen-bond acceptors (Lipinski definition) is 25. The number of aryl methyl sites for hydroxylation is 3. The minimum Gasteiger partial charge on any atom is -0.399 e. The second-order valence-electron chi connectivity index (χ2n) is 46.1. The first kappa shape index (κ1) is 127. The first-order valence-corrected chi connectivity index (χ1v) is 53.7. The summed E-state index contributed by atoms with van der Waals surface area (Å²) in [5, 5.41) is 26.0. The quantitative estimate of drug-likeness (QED) is 0.00977. The molecule has 33 heteroatoms. The number of nitrogen functional groups attached to an aromatic ring is 16. The average Bonchev–Trinajstić information content (AvgIpc) is 1.85. The van der Waals surface area contributed by atoms with E-state index in [2.05, 4.69) is 152 Å². The highest BCUT2D eigenvalue weighted by atomic mass is 16.3. The molecule has 0 radical (unpaired) electrons. The van der Waals surface area contributed by atoms with Crippen LogP contribution in [0.25, 0.3) is 0 Å². The van der Waals surface area contributed by atoms with Gasteiger partial charge in [-0.15, -0.1) is 0 Å². The SMILES string of the molecule is C.C.C[N+](C)(C)CCCCc1ccc(N)cc1N.C[N+](C)(C)CCNc1ccc(N)cc1N.C[N+]1(C)CCN(CCCCc2ccc(N)cc2N)CC1.C[N+]1(C)CCN(CCNc2ccc(N)cc2N)CC1.C[N+]1(CCCCc2ccc(N)cc2N)CCCCC1.C[N+]1(CCNc2ccc(N)cc2N)CCCC1.C[N+]1(CCNc2ccc(N)cc2N)CCCCC1.C[N+]1(CCO)CCN(CCNc2ccc(N)cc2N)CC1. The van der Waals surface area contributed by atoms with Crippen molar-refractivity contribution in [3.8, 4) is 0 Å². The molecule has 147 heavy (non-hydrogen) atoms. The van der Waals surface area contributed by atoms with Crippen LogP contribution in [0.15, 0.2) is 146 Å². The van der Waals surface area contributed by atoms with Crippen LogP contribution in [0.2, 0.25) is 0 Å². The van der Waals surface area contributed by atoms with Crippen LogP contribution in [0.3, 0.4) is 0 Å². The number of nitrogens with two attached hydrogens (primary N) is 16. The molecular formula is C114H212N32O+8. The number of anilines is 21. The number of unbranched alkanes of at least 4 members (excludes halogenated alkanes) is 3. The van der Waals surface area contributed by atoms with Crippen LogP contribution in [0.5, 0.6) is 0 Å². The monoisotopic (exact) mass is 2050 g/mol. The van der Waals surface area contributed by atoms with Crippen molar-refractivity contribution in [3.63, 3.8) is 0 Å². The van der Waals surface area contributed by atoms with E-state index in [4.69, 9.17) is 96.8 Å². The molecule has 0 saturated carbocycles. The maximum Gasteiger partial charge on any atom is 0.102 e. The third kappa shape index (κ3) is 50.3. The van der Waals surface area contributed by atoms with Crippen LogP contribution < -0.4 is 118 Å². The van der Waals surface area contributed by atoms with Crippen molar-refractivity contribution < 1.29 is 41.0 Å². The van der Waals surface area contributed by atoms with Crippen LogP contribution in [-0.4, -0.2) is 370 Å². The molecule has 0 aliphatic carbocycles. The highest BCUT2D eigenvalue weighted by Crippen LogP contribution is 2.30. The Morgan fingerprint density at radius 1 is 0.252 bits per heavy atom. The molecule has 0 amide bonds. The van der Waals surface area contributed by atoms with E-state index in [-0.39, 0.29) is 21.5 Å². The van der Waals surface area contributed by atoms with Gasteiger partial charge >= 0.3 is 0 Å². The standard InChI is InChI=1S/C16H29N4.C16H28N3.C15H28N5O.C14H26N5.C14H25N4.C13H23N4.C13H24N3.C11H21N4.2CH4/c1-20(2)11-9-19(10-12-20)8-4-3-5-14-6-7-15(17)13-16(14)18;1-19(10-4-2-5-11-19)12-6-3-7-14-8-9-15(17)13-16(14)18;1-20(10-11-21)8-6-19(7-9-20)5-4-18-15-3-2-13(16)12-14(15)17;1-19(2)9-7-18(8-10-19)6-5-17-14-4-3-12(15)11-13(14)16;1-18(8-3-2-4-9-18)10-7-17-14-6-5-12(15)11-13(14)16;1-17(7-2-3-8-17)9-6-16-13-5-4-11(14)10-12(13)15;1-16(2,3)9-5-4-6-11-7-8-12(14)10-13(11)15;1-15(2,3)7-6-14-11-5-4-9(12)8-10(11)13;;/h6-7,13H,3-5,8-12,17-18H2,1-2H3;8-9,13H,2-7,10-12,17-18H2,1H3;2-3,12,18,21H,4-11,16-17H2,1H3;3-4,11,17H,5-10,15-16H2,1-2H3;5-6,11,17H,2-4,7-10,15-16H2,1H3;4-5,10,16H,2-3,6-9,14-15H2,1H3;7-8,10H,4-6,9,14-15H2,1-3H3;4-5,8,14H,6-7,12-13H2,1-3H3;2*1H4/q8*+1;;. The first-order chi connectivity index (χ1) is 68.5. The molecule has 6 aliphatic heterocycles. The van der Waals surface area contributed by atoms with Crippen LogP contribution in [-0.2, 0) is 19.3 Å². The number of nitrogens with one attached hydrogen (secondary N) is 5. The Morgan fingerprint density at radius 3 is 0.789 bits per heavy atom. The minimum atomic E-state index is 0. The number of hydrogen-bond donors (Lipinski definition) is 22. The van der Waals surface area contributed by atoms with Crippen molar-refractivity contribution in [1.82, 2.24) is 14.7 Å². The molecule has 0 atom stereocenters. The summed E-state index contributed by atoms with van der Waals surface area (Å²) in [5.74, 6) is 0. The summed E-state index contributed by atoms with van der Waals surface area (Å²) in [6.45, 7) is 37.0. The summed E-state index contributed by atoms with van der Waals surface area (Å²) >= 11 is 0. The summed E-state index contributed by atoms with van der Waals surface area (Å²) in [4.78, 5) is 7.55. The third-order valence-corrected chi connectivity index (χ3v) is 29.6. The Labute approximate surface area is 889 Å². The zero-order chi connectivity index (χ0) is 106. The van der Waals surface area contributed by atoms with E-state index in [1.807, 2.05) is 103 Å². The van der Waals surface area contributed by atoms with E-state index in [0.29, 0.717) is 39.8 Å². The smallest absolute Gasteiger partial charge is 0.102 e. The number of rotatable bonds is 37. The maximum absolute atomic E-state index is 9.10. The van der Waals surface area contributed by atoms with Crippen LogP contribution in [0, 0.1) is 0 Å². The van der Waals surface area contributed by atoms with Gasteiger partial charge in [-0.3, -0.25) is 14.7 Å². The minimum absolute atomic E-state index is 0. The molecule has 8 aromatic carbocycles. The second-order valence-corrected chi connectivity index (χ2v) is 46.1. The largest absolute Gasteiger partial charge is 0.399 e. The van der Waals surface area contributed by atoms with Gasteiger partial charge in [0, 0.05) is 141 Å². The summed E-state index contributed by atoms with van der Waals surface area (Å²) in [7, 11) is 31.7. The van der Waals surface area contributed by atoms with E-state index in [1.165, 1.54) is 236 Å².